The largest absolute Gasteiger partial charge is 0.335 e. The second-order valence-electron chi connectivity index (χ2n) is 7.78. The molecule has 1 heterocycles. The first-order valence-electron chi connectivity index (χ1n) is 9.42. The number of carbonyl (C=O) groups is 1. The van der Waals surface area contributed by atoms with Crippen LogP contribution in [0, 0.1) is 25.6 Å². The van der Waals surface area contributed by atoms with Gasteiger partial charge in [-0.25, -0.2) is 4.39 Å². The first-order valence-corrected chi connectivity index (χ1v) is 9.42. The van der Waals surface area contributed by atoms with Gasteiger partial charge in [-0.3, -0.25) is 9.48 Å². The van der Waals surface area contributed by atoms with Gasteiger partial charge in [-0.1, -0.05) is 26.0 Å². The molecule has 1 aliphatic rings. The molecule has 0 aliphatic heterocycles. The van der Waals surface area contributed by atoms with E-state index in [-0.39, 0.29) is 11.7 Å². The highest BCUT2D eigenvalue weighted by atomic mass is 19.1. The average Bonchev–Trinajstić information content (AvgIpc) is 3.38. The molecule has 1 amide bonds. The quantitative estimate of drug-likeness (QED) is 0.750. The number of aromatic nitrogens is 2. The molecule has 0 radical (unpaired) electrons. The highest BCUT2D eigenvalue weighted by Crippen LogP contribution is 2.29. The van der Waals surface area contributed by atoms with Crippen molar-refractivity contribution in [2.45, 2.75) is 66.1 Å². The third-order valence-corrected chi connectivity index (χ3v) is 4.97. The molecular weight excluding hydrogens is 329 g/mol. The average molecular weight is 357 g/mol. The van der Waals surface area contributed by atoms with Crippen LogP contribution in [0.4, 0.5) is 4.39 Å². The van der Waals surface area contributed by atoms with Gasteiger partial charge in [-0.05, 0) is 50.3 Å². The summed E-state index contributed by atoms with van der Waals surface area (Å²) in [5.41, 5.74) is 4.03. The summed E-state index contributed by atoms with van der Waals surface area (Å²) in [6.07, 6.45) is 2.49. The molecule has 1 aromatic carbocycles. The Morgan fingerprint density at radius 1 is 1.27 bits per heavy atom. The molecule has 3 rings (SSSR count). The van der Waals surface area contributed by atoms with Gasteiger partial charge in [-0.15, -0.1) is 0 Å². The van der Waals surface area contributed by atoms with Crippen molar-refractivity contribution < 1.29 is 9.18 Å². The summed E-state index contributed by atoms with van der Waals surface area (Å²) in [6, 6.07) is 6.74. The maximum atomic E-state index is 13.1. The van der Waals surface area contributed by atoms with Crippen LogP contribution in [0.2, 0.25) is 0 Å². The fourth-order valence-electron chi connectivity index (χ4n) is 3.36. The predicted octanol–water partition coefficient (Wildman–Crippen LogP) is 4.03. The minimum Gasteiger partial charge on any atom is -0.335 e. The molecule has 2 aromatic rings. The van der Waals surface area contributed by atoms with Crippen molar-refractivity contribution in [3.05, 3.63) is 52.6 Å². The van der Waals surface area contributed by atoms with Gasteiger partial charge in [0.25, 0.3) is 0 Å². The zero-order valence-corrected chi connectivity index (χ0v) is 16.1. The Kier molecular flexibility index (Phi) is 5.44. The van der Waals surface area contributed by atoms with E-state index < -0.39 is 0 Å². The van der Waals surface area contributed by atoms with E-state index in [1.54, 1.807) is 12.1 Å². The Morgan fingerprint density at radius 3 is 2.50 bits per heavy atom. The van der Waals surface area contributed by atoms with Crippen molar-refractivity contribution in [2.75, 3.05) is 0 Å². The summed E-state index contributed by atoms with van der Waals surface area (Å²) in [6.45, 7) is 9.77. The monoisotopic (exact) mass is 357 g/mol. The van der Waals surface area contributed by atoms with E-state index in [1.807, 2.05) is 23.4 Å². The van der Waals surface area contributed by atoms with Gasteiger partial charge < -0.3 is 4.90 Å². The fraction of sp³-hybridized carbons (Fsp3) is 0.524. The van der Waals surface area contributed by atoms with Crippen molar-refractivity contribution in [1.82, 2.24) is 14.7 Å². The molecule has 26 heavy (non-hydrogen) atoms. The molecule has 4 nitrogen and oxygen atoms in total. The maximum absolute atomic E-state index is 13.1. The number of benzene rings is 1. The Morgan fingerprint density at radius 2 is 1.92 bits per heavy atom. The third-order valence-electron chi connectivity index (χ3n) is 4.97. The summed E-state index contributed by atoms with van der Waals surface area (Å²) in [5.74, 6) is 0.395. The molecule has 0 saturated heterocycles. The van der Waals surface area contributed by atoms with E-state index in [1.165, 1.54) is 12.1 Å². The van der Waals surface area contributed by atoms with Crippen LogP contribution in [0.1, 0.15) is 49.2 Å². The number of carbonyl (C=O) groups excluding carboxylic acids is 1. The minimum atomic E-state index is -0.248. The first kappa shape index (κ1) is 18.6. The lowest BCUT2D eigenvalue weighted by atomic mass is 10.1. The van der Waals surface area contributed by atoms with Gasteiger partial charge in [0.05, 0.1) is 12.1 Å². The molecule has 0 spiro atoms. The Labute approximate surface area is 155 Å². The molecule has 1 fully saturated rings. The lowest BCUT2D eigenvalue weighted by molar-refractivity contribution is -0.131. The van der Waals surface area contributed by atoms with Crippen LogP contribution in [0.5, 0.6) is 0 Å². The van der Waals surface area contributed by atoms with E-state index >= 15 is 0 Å². The lowest BCUT2D eigenvalue weighted by Crippen LogP contribution is -2.34. The van der Waals surface area contributed by atoms with Crippen LogP contribution in [-0.2, 0) is 24.3 Å². The number of hydrogen-bond donors (Lipinski definition) is 0. The molecule has 0 atom stereocenters. The lowest BCUT2D eigenvalue weighted by Gasteiger charge is -2.23. The molecule has 140 valence electrons. The highest BCUT2D eigenvalue weighted by molar-refractivity contribution is 5.80. The van der Waals surface area contributed by atoms with E-state index in [9.17, 15) is 9.18 Å². The smallest absolute Gasteiger partial charge is 0.227 e. The summed E-state index contributed by atoms with van der Waals surface area (Å²) in [5, 5.41) is 4.62. The van der Waals surface area contributed by atoms with Crippen molar-refractivity contribution in [2.24, 2.45) is 5.92 Å². The highest BCUT2D eigenvalue weighted by Gasteiger charge is 2.33. The molecule has 0 bridgehead atoms. The summed E-state index contributed by atoms with van der Waals surface area (Å²) in [7, 11) is 0. The van der Waals surface area contributed by atoms with Crippen molar-refractivity contribution in [1.29, 1.82) is 0 Å². The predicted molar refractivity (Wildman–Crippen MR) is 100 cm³/mol. The summed E-state index contributed by atoms with van der Waals surface area (Å²) < 4.78 is 15.2. The number of amides is 1. The number of halogens is 1. The summed E-state index contributed by atoms with van der Waals surface area (Å²) in [4.78, 5) is 15.0. The number of nitrogens with zero attached hydrogens (tertiary/aromatic N) is 3. The van der Waals surface area contributed by atoms with E-state index in [4.69, 9.17) is 0 Å². The van der Waals surface area contributed by atoms with E-state index in [0.717, 1.165) is 41.9 Å². The van der Waals surface area contributed by atoms with Gasteiger partial charge in [0.2, 0.25) is 5.91 Å². The van der Waals surface area contributed by atoms with Gasteiger partial charge in [-0.2, -0.15) is 5.10 Å². The van der Waals surface area contributed by atoms with E-state index in [2.05, 4.69) is 18.9 Å². The molecule has 1 aliphatic carbocycles. The first-order chi connectivity index (χ1) is 12.3. The van der Waals surface area contributed by atoms with Gasteiger partial charge in [0.15, 0.2) is 0 Å². The SMILES string of the molecule is Cc1nn(CC(C)C)c(C)c1CC(=O)N(Cc1ccc(F)cc1)C1CC1. The second-order valence-corrected chi connectivity index (χ2v) is 7.78. The standard InChI is InChI=1S/C21H28FN3O/c1-14(2)12-25-16(4)20(15(3)23-25)11-21(26)24(19-9-10-19)13-17-5-7-18(22)8-6-17/h5-8,14,19H,9-13H2,1-4H3. The van der Waals surface area contributed by atoms with Crippen LogP contribution in [-0.4, -0.2) is 26.6 Å². The van der Waals surface area contributed by atoms with Crippen molar-refractivity contribution >= 4 is 5.91 Å². The topological polar surface area (TPSA) is 38.1 Å². The van der Waals surface area contributed by atoms with Crippen LogP contribution in [0.3, 0.4) is 0 Å². The number of rotatable bonds is 7. The van der Waals surface area contributed by atoms with Gasteiger partial charge in [0.1, 0.15) is 5.82 Å². The van der Waals surface area contributed by atoms with Gasteiger partial charge >= 0.3 is 0 Å². The minimum absolute atomic E-state index is 0.132. The zero-order chi connectivity index (χ0) is 18.8. The Balaban J connectivity index is 1.74. The van der Waals surface area contributed by atoms with Crippen LogP contribution < -0.4 is 0 Å². The molecule has 1 aromatic heterocycles. The second kappa shape index (κ2) is 7.60. The Bertz CT molecular complexity index is 775. The maximum Gasteiger partial charge on any atom is 0.227 e. The zero-order valence-electron chi connectivity index (χ0n) is 16.1. The van der Waals surface area contributed by atoms with E-state index in [0.29, 0.717) is 24.9 Å². The molecule has 5 heteroatoms. The molecule has 0 N–H and O–H groups in total. The Hall–Kier alpha value is -2.17. The van der Waals surface area contributed by atoms with Crippen LogP contribution in [0.25, 0.3) is 0 Å². The van der Waals surface area contributed by atoms with Crippen LogP contribution in [0.15, 0.2) is 24.3 Å². The van der Waals surface area contributed by atoms with Crippen LogP contribution >= 0.6 is 0 Å². The summed E-state index contributed by atoms with van der Waals surface area (Å²) >= 11 is 0. The number of hydrogen-bond acceptors (Lipinski definition) is 2. The van der Waals surface area contributed by atoms with Crippen molar-refractivity contribution in [3.8, 4) is 0 Å². The third kappa shape index (κ3) is 4.32. The number of aryl methyl sites for hydroxylation is 1. The van der Waals surface area contributed by atoms with Crippen molar-refractivity contribution in [3.63, 3.8) is 0 Å². The normalized spacial score (nSPS) is 14.1. The fourth-order valence-corrected chi connectivity index (χ4v) is 3.36. The molecule has 0 unspecified atom stereocenters. The molecular formula is C21H28FN3O. The molecule has 1 saturated carbocycles. The van der Waals surface area contributed by atoms with Gasteiger partial charge in [0, 0.05) is 30.4 Å².